The predicted molar refractivity (Wildman–Crippen MR) is 94.2 cm³/mol. The summed E-state index contributed by atoms with van der Waals surface area (Å²) in [5.74, 6) is -0.499. The number of rotatable bonds is 5. The van der Waals surface area contributed by atoms with Crippen LogP contribution in [0.3, 0.4) is 0 Å². The quantitative estimate of drug-likeness (QED) is 0.715. The lowest BCUT2D eigenvalue weighted by atomic mass is 10.2. The summed E-state index contributed by atoms with van der Waals surface area (Å²) in [6, 6.07) is 14.6. The zero-order valence-electron chi connectivity index (χ0n) is 12.9. The second-order valence-electron chi connectivity index (χ2n) is 5.31. The Balaban J connectivity index is 1.74. The van der Waals surface area contributed by atoms with Crippen LogP contribution in [-0.4, -0.2) is 22.2 Å². The first kappa shape index (κ1) is 16.1. The van der Waals surface area contributed by atoms with Gasteiger partial charge < -0.3 is 15.2 Å². The lowest BCUT2D eigenvalue weighted by Crippen LogP contribution is -2.22. The van der Waals surface area contributed by atoms with Crippen molar-refractivity contribution in [2.24, 2.45) is 0 Å². The number of carboxylic acid groups (broad SMARTS) is 1. The Morgan fingerprint density at radius 1 is 1.17 bits per heavy atom. The van der Waals surface area contributed by atoms with E-state index in [1.165, 1.54) is 6.92 Å². The van der Waals surface area contributed by atoms with Crippen LogP contribution in [0.15, 0.2) is 54.7 Å². The maximum Gasteiger partial charge on any atom is 0.344 e. The second kappa shape index (κ2) is 6.76. The van der Waals surface area contributed by atoms with Crippen molar-refractivity contribution >= 4 is 39.8 Å². The molecule has 0 bridgehead atoms. The smallest absolute Gasteiger partial charge is 0.344 e. The van der Waals surface area contributed by atoms with Crippen LogP contribution in [0, 0.1) is 0 Å². The molecule has 122 valence electrons. The molecule has 24 heavy (non-hydrogen) atoms. The molecule has 2 N–H and O–H groups in total. The monoisotopic (exact) mass is 342 g/mol. The molecular formula is C18H15ClN2O3. The van der Waals surface area contributed by atoms with Crippen LogP contribution >= 0.6 is 11.6 Å². The number of nitrogens with one attached hydrogen (secondary N) is 1. The molecule has 0 saturated carbocycles. The summed E-state index contributed by atoms with van der Waals surface area (Å²) in [5.41, 5.74) is 2.53. The number of nitrogens with zero attached hydrogens (tertiary/aromatic N) is 1. The fourth-order valence-electron chi connectivity index (χ4n) is 2.20. The van der Waals surface area contributed by atoms with Crippen molar-refractivity contribution < 1.29 is 14.6 Å². The summed E-state index contributed by atoms with van der Waals surface area (Å²) in [5, 5.41) is 13.7. The topological polar surface area (TPSA) is 71.5 Å². The van der Waals surface area contributed by atoms with E-state index in [4.69, 9.17) is 21.4 Å². The molecule has 3 rings (SSSR count). The molecule has 5 nitrogen and oxygen atoms in total. The average Bonchev–Trinajstić information content (AvgIpc) is 2.56. The van der Waals surface area contributed by atoms with Gasteiger partial charge in [-0.15, -0.1) is 0 Å². The highest BCUT2D eigenvalue weighted by molar-refractivity contribution is 6.31. The fraction of sp³-hybridized carbons (Fsp3) is 0.111. The Morgan fingerprint density at radius 2 is 1.92 bits per heavy atom. The van der Waals surface area contributed by atoms with Gasteiger partial charge in [-0.2, -0.15) is 0 Å². The van der Waals surface area contributed by atoms with E-state index >= 15 is 0 Å². The molecule has 0 aliphatic rings. The number of hydrogen-bond donors (Lipinski definition) is 2. The van der Waals surface area contributed by atoms with E-state index < -0.39 is 12.1 Å². The SMILES string of the molecule is CC(Oc1ccc(Nc2cnc3cc(Cl)ccc3c2)cc1)C(=O)O. The highest BCUT2D eigenvalue weighted by Crippen LogP contribution is 2.24. The number of pyridine rings is 1. The van der Waals surface area contributed by atoms with Crippen molar-refractivity contribution in [3.8, 4) is 5.75 Å². The normalized spacial score (nSPS) is 11.9. The average molecular weight is 343 g/mol. The molecule has 0 amide bonds. The summed E-state index contributed by atoms with van der Waals surface area (Å²) in [4.78, 5) is 15.2. The van der Waals surface area contributed by atoms with E-state index in [2.05, 4.69) is 10.3 Å². The molecule has 0 fully saturated rings. The number of aromatic nitrogens is 1. The standard InChI is InChI=1S/C18H15ClN2O3/c1-11(18(22)23)24-16-6-4-14(5-7-16)21-15-8-12-2-3-13(19)9-17(12)20-10-15/h2-11,21H,1H3,(H,22,23). The van der Waals surface area contributed by atoms with E-state index in [1.807, 2.05) is 36.4 Å². The first-order chi connectivity index (χ1) is 11.5. The molecule has 0 aliphatic heterocycles. The summed E-state index contributed by atoms with van der Waals surface area (Å²) in [6.07, 6.45) is 0.843. The van der Waals surface area contributed by atoms with Crippen molar-refractivity contribution in [1.29, 1.82) is 0 Å². The number of aliphatic carboxylic acids is 1. The van der Waals surface area contributed by atoms with Gasteiger partial charge in [0, 0.05) is 16.1 Å². The maximum atomic E-state index is 10.8. The highest BCUT2D eigenvalue weighted by atomic mass is 35.5. The van der Waals surface area contributed by atoms with Gasteiger partial charge >= 0.3 is 5.97 Å². The van der Waals surface area contributed by atoms with Crippen LogP contribution in [-0.2, 0) is 4.79 Å². The van der Waals surface area contributed by atoms with Gasteiger partial charge in [0.15, 0.2) is 6.10 Å². The van der Waals surface area contributed by atoms with Gasteiger partial charge in [-0.3, -0.25) is 4.98 Å². The fourth-order valence-corrected chi connectivity index (χ4v) is 2.37. The minimum Gasteiger partial charge on any atom is -0.479 e. The zero-order valence-corrected chi connectivity index (χ0v) is 13.6. The van der Waals surface area contributed by atoms with Crippen LogP contribution in [0.5, 0.6) is 5.75 Å². The number of ether oxygens (including phenoxy) is 1. The third-order valence-corrected chi connectivity index (χ3v) is 3.68. The molecule has 1 aromatic heterocycles. The molecule has 1 unspecified atom stereocenters. The van der Waals surface area contributed by atoms with Gasteiger partial charge in [-0.25, -0.2) is 4.79 Å². The van der Waals surface area contributed by atoms with E-state index in [-0.39, 0.29) is 0 Å². The van der Waals surface area contributed by atoms with Gasteiger partial charge in [0.2, 0.25) is 0 Å². The van der Waals surface area contributed by atoms with Crippen LogP contribution in [0.25, 0.3) is 10.9 Å². The first-order valence-corrected chi connectivity index (χ1v) is 7.71. The van der Waals surface area contributed by atoms with Crippen LogP contribution < -0.4 is 10.1 Å². The molecule has 0 saturated heterocycles. The number of anilines is 2. The van der Waals surface area contributed by atoms with Crippen molar-refractivity contribution in [3.05, 3.63) is 59.8 Å². The lowest BCUT2D eigenvalue weighted by molar-refractivity contribution is -0.144. The van der Waals surface area contributed by atoms with Gasteiger partial charge in [0.25, 0.3) is 0 Å². The third-order valence-electron chi connectivity index (χ3n) is 3.45. The van der Waals surface area contributed by atoms with Gasteiger partial charge in [-0.05, 0) is 49.4 Å². The van der Waals surface area contributed by atoms with Crippen molar-refractivity contribution in [1.82, 2.24) is 4.98 Å². The Bertz CT molecular complexity index is 881. The first-order valence-electron chi connectivity index (χ1n) is 7.33. The molecule has 1 heterocycles. The minimum atomic E-state index is -1.00. The number of benzene rings is 2. The molecule has 0 aliphatic carbocycles. The van der Waals surface area contributed by atoms with Crippen molar-refractivity contribution in [2.45, 2.75) is 13.0 Å². The number of hydrogen-bond acceptors (Lipinski definition) is 4. The van der Waals surface area contributed by atoms with Gasteiger partial charge in [-0.1, -0.05) is 17.7 Å². The van der Waals surface area contributed by atoms with E-state index in [1.54, 1.807) is 18.3 Å². The zero-order chi connectivity index (χ0) is 17.1. The van der Waals surface area contributed by atoms with Crippen LogP contribution in [0.1, 0.15) is 6.92 Å². The maximum absolute atomic E-state index is 10.8. The molecule has 0 spiro atoms. The minimum absolute atomic E-state index is 0.502. The van der Waals surface area contributed by atoms with Gasteiger partial charge in [0.05, 0.1) is 17.4 Å². The number of halogens is 1. The van der Waals surface area contributed by atoms with Crippen molar-refractivity contribution in [2.75, 3.05) is 5.32 Å². The van der Waals surface area contributed by atoms with Crippen molar-refractivity contribution in [3.63, 3.8) is 0 Å². The number of fused-ring (bicyclic) bond motifs is 1. The molecular weight excluding hydrogens is 328 g/mol. The largest absolute Gasteiger partial charge is 0.479 e. The Kier molecular flexibility index (Phi) is 4.53. The Hall–Kier alpha value is -2.79. The number of carbonyl (C=O) groups is 1. The third kappa shape index (κ3) is 3.75. The second-order valence-corrected chi connectivity index (χ2v) is 5.75. The molecule has 0 radical (unpaired) electrons. The van der Waals surface area contributed by atoms with Gasteiger partial charge in [0.1, 0.15) is 5.75 Å². The highest BCUT2D eigenvalue weighted by Gasteiger charge is 2.12. The summed E-state index contributed by atoms with van der Waals surface area (Å²) in [6.45, 7) is 1.49. The molecule has 3 aromatic rings. The molecule has 6 heteroatoms. The van der Waals surface area contributed by atoms with E-state index in [0.29, 0.717) is 10.8 Å². The van der Waals surface area contributed by atoms with Crippen LogP contribution in [0.2, 0.25) is 5.02 Å². The van der Waals surface area contributed by atoms with E-state index in [0.717, 1.165) is 22.3 Å². The Labute approximate surface area is 143 Å². The lowest BCUT2D eigenvalue weighted by Gasteiger charge is -2.11. The summed E-state index contributed by atoms with van der Waals surface area (Å²) < 4.78 is 5.30. The Morgan fingerprint density at radius 3 is 2.62 bits per heavy atom. The van der Waals surface area contributed by atoms with E-state index in [9.17, 15) is 4.79 Å². The van der Waals surface area contributed by atoms with Crippen LogP contribution in [0.4, 0.5) is 11.4 Å². The number of carboxylic acids is 1. The molecule has 1 atom stereocenters. The molecule has 2 aromatic carbocycles. The predicted octanol–water partition coefficient (Wildman–Crippen LogP) is 4.48. The summed E-state index contributed by atoms with van der Waals surface area (Å²) in [7, 11) is 0. The summed E-state index contributed by atoms with van der Waals surface area (Å²) >= 11 is 5.95.